The summed E-state index contributed by atoms with van der Waals surface area (Å²) in [5.74, 6) is 0.910. The van der Waals surface area contributed by atoms with E-state index in [1.165, 1.54) is 11.3 Å². The molecule has 0 fully saturated rings. The van der Waals surface area contributed by atoms with Crippen LogP contribution in [0.15, 0.2) is 55.2 Å². The molecule has 6 nitrogen and oxygen atoms in total. The Morgan fingerprint density at radius 1 is 1.28 bits per heavy atom. The molecule has 2 aromatic heterocycles. The van der Waals surface area contributed by atoms with Crippen LogP contribution in [-0.2, 0) is 13.0 Å². The maximum absolute atomic E-state index is 12.4. The number of rotatable bonds is 9. The topological polar surface area (TPSA) is 73.9 Å². The summed E-state index contributed by atoms with van der Waals surface area (Å²) in [5.41, 5.74) is 5.15. The molecule has 0 bridgehead atoms. The van der Waals surface area contributed by atoms with Crippen LogP contribution in [0.5, 0.6) is 0 Å². The normalized spacial score (nSPS) is 15.4. The molecule has 1 atom stereocenters. The molecule has 0 saturated carbocycles. The lowest BCUT2D eigenvalue weighted by molar-refractivity contribution is 0.0948. The molecule has 166 valence electrons. The van der Waals surface area contributed by atoms with Crippen molar-refractivity contribution in [3.05, 3.63) is 89.3 Å². The Bertz CT molecular complexity index is 1060. The molecular formula is C26H31N5O. The first-order valence-electron chi connectivity index (χ1n) is 11.3. The molecule has 3 aromatic rings. The van der Waals surface area contributed by atoms with E-state index in [1.807, 2.05) is 49.5 Å². The highest BCUT2D eigenvalue weighted by Gasteiger charge is 2.27. The molecule has 2 heterocycles. The van der Waals surface area contributed by atoms with Gasteiger partial charge in [-0.2, -0.15) is 0 Å². The van der Waals surface area contributed by atoms with Gasteiger partial charge in [0, 0.05) is 30.5 Å². The second kappa shape index (κ2) is 10.4. The van der Waals surface area contributed by atoms with E-state index in [0.717, 1.165) is 49.4 Å². The van der Waals surface area contributed by atoms with E-state index >= 15 is 0 Å². The van der Waals surface area contributed by atoms with Gasteiger partial charge >= 0.3 is 0 Å². The Morgan fingerprint density at radius 3 is 2.91 bits per heavy atom. The van der Waals surface area contributed by atoms with E-state index in [2.05, 4.69) is 27.8 Å². The number of pyridine rings is 1. The number of aromatic nitrogens is 3. The van der Waals surface area contributed by atoms with Crippen molar-refractivity contribution in [3.63, 3.8) is 0 Å². The van der Waals surface area contributed by atoms with E-state index in [0.29, 0.717) is 18.7 Å². The Hall–Kier alpha value is -3.25. The summed E-state index contributed by atoms with van der Waals surface area (Å²) in [4.78, 5) is 27.7. The lowest BCUT2D eigenvalue weighted by Crippen LogP contribution is -2.35. The van der Waals surface area contributed by atoms with Crippen LogP contribution < -0.4 is 5.32 Å². The highest BCUT2D eigenvalue weighted by atomic mass is 16.1. The van der Waals surface area contributed by atoms with Gasteiger partial charge in [-0.05, 0) is 62.4 Å². The number of benzene rings is 1. The molecule has 4 rings (SSSR count). The first kappa shape index (κ1) is 22.0. The number of hydrogen-bond donors (Lipinski definition) is 2. The van der Waals surface area contributed by atoms with E-state index in [4.69, 9.17) is 9.97 Å². The number of fused-ring (bicyclic) bond motifs is 1. The van der Waals surface area contributed by atoms with Crippen molar-refractivity contribution in [1.29, 1.82) is 0 Å². The molecule has 1 unspecified atom stereocenters. The van der Waals surface area contributed by atoms with Crippen LogP contribution >= 0.6 is 0 Å². The number of carbonyl (C=O) groups excluding carboxylic acids is 1. The van der Waals surface area contributed by atoms with Gasteiger partial charge in [-0.1, -0.05) is 30.8 Å². The van der Waals surface area contributed by atoms with E-state index < -0.39 is 0 Å². The Balaban J connectivity index is 1.45. The van der Waals surface area contributed by atoms with Crippen LogP contribution in [0.2, 0.25) is 0 Å². The zero-order valence-corrected chi connectivity index (χ0v) is 18.7. The molecule has 0 saturated heterocycles. The van der Waals surface area contributed by atoms with Gasteiger partial charge in [0.15, 0.2) is 0 Å². The molecule has 32 heavy (non-hydrogen) atoms. The van der Waals surface area contributed by atoms with E-state index in [9.17, 15) is 4.79 Å². The minimum Gasteiger partial charge on any atom is -0.352 e. The fourth-order valence-corrected chi connectivity index (χ4v) is 4.46. The number of carbonyl (C=O) groups is 1. The van der Waals surface area contributed by atoms with Crippen molar-refractivity contribution < 1.29 is 4.79 Å². The third-order valence-electron chi connectivity index (χ3n) is 6.07. The summed E-state index contributed by atoms with van der Waals surface area (Å²) >= 11 is 0. The van der Waals surface area contributed by atoms with Crippen molar-refractivity contribution in [2.75, 3.05) is 13.1 Å². The number of H-pyrrole nitrogens is 1. The summed E-state index contributed by atoms with van der Waals surface area (Å²) in [6.07, 6.45) is 7.85. The van der Waals surface area contributed by atoms with Gasteiger partial charge in [0.1, 0.15) is 5.82 Å². The number of hydrogen-bond acceptors (Lipinski definition) is 4. The Morgan fingerprint density at radius 2 is 2.12 bits per heavy atom. The summed E-state index contributed by atoms with van der Waals surface area (Å²) in [6, 6.07) is 13.8. The Kier molecular flexibility index (Phi) is 7.12. The van der Waals surface area contributed by atoms with Gasteiger partial charge in [-0.25, -0.2) is 4.98 Å². The fraction of sp³-hybridized carbons (Fsp3) is 0.346. The number of aromatic amines is 1. The highest BCUT2D eigenvalue weighted by molar-refractivity contribution is 5.94. The second-order valence-electron chi connectivity index (χ2n) is 8.30. The van der Waals surface area contributed by atoms with Crippen molar-refractivity contribution in [2.24, 2.45) is 0 Å². The lowest BCUT2D eigenvalue weighted by Gasteiger charge is -2.34. The largest absolute Gasteiger partial charge is 0.352 e. The standard InChI is InChI=1S/C26H31N5O/c1-3-22-19(2)29-24(30-22)18-31(23-14-7-12-20-13-8-15-27-25(20)23)17-9-16-28-26(32)21-10-5-4-6-11-21/h3-6,8,10-11,13,15,23H,1,7,9,12,14,16-18H2,2H3,(H,28,32)(H,29,30). The molecule has 0 spiro atoms. The van der Waals surface area contributed by atoms with E-state index in [1.54, 1.807) is 6.08 Å². The zero-order valence-electron chi connectivity index (χ0n) is 18.7. The smallest absolute Gasteiger partial charge is 0.251 e. The fourth-order valence-electron chi connectivity index (χ4n) is 4.46. The maximum Gasteiger partial charge on any atom is 0.251 e. The quantitative estimate of drug-likeness (QED) is 0.493. The van der Waals surface area contributed by atoms with Crippen LogP contribution in [0, 0.1) is 6.92 Å². The average Bonchev–Trinajstić information content (AvgIpc) is 3.20. The minimum absolute atomic E-state index is 0.0286. The van der Waals surface area contributed by atoms with Gasteiger partial charge in [-0.15, -0.1) is 0 Å². The number of imidazole rings is 1. The molecule has 1 aliphatic carbocycles. The number of nitrogens with zero attached hydrogens (tertiary/aromatic N) is 3. The van der Waals surface area contributed by atoms with Gasteiger partial charge < -0.3 is 10.3 Å². The summed E-state index contributed by atoms with van der Waals surface area (Å²) in [6.45, 7) is 8.06. The molecule has 1 aromatic carbocycles. The van der Waals surface area contributed by atoms with Crippen molar-refractivity contribution in [2.45, 2.75) is 45.2 Å². The maximum atomic E-state index is 12.4. The van der Waals surface area contributed by atoms with Crippen molar-refractivity contribution >= 4 is 12.0 Å². The SMILES string of the molecule is C=Cc1nc(CN(CCCNC(=O)c2ccccc2)C2CCCc3cccnc32)[nH]c1C. The number of nitrogens with one attached hydrogen (secondary N) is 2. The predicted molar refractivity (Wildman–Crippen MR) is 127 cm³/mol. The van der Waals surface area contributed by atoms with Gasteiger partial charge in [0.05, 0.1) is 24.0 Å². The minimum atomic E-state index is -0.0286. The first-order valence-corrected chi connectivity index (χ1v) is 11.3. The molecule has 6 heteroatoms. The zero-order chi connectivity index (χ0) is 22.3. The third kappa shape index (κ3) is 5.14. The van der Waals surface area contributed by atoms with Crippen LogP contribution in [0.4, 0.5) is 0 Å². The van der Waals surface area contributed by atoms with Crippen molar-refractivity contribution in [1.82, 2.24) is 25.2 Å². The van der Waals surface area contributed by atoms with Gasteiger partial charge in [0.25, 0.3) is 5.91 Å². The average molecular weight is 430 g/mol. The second-order valence-corrected chi connectivity index (χ2v) is 8.30. The summed E-state index contributed by atoms with van der Waals surface area (Å²) < 4.78 is 0. The first-order chi connectivity index (χ1) is 15.7. The summed E-state index contributed by atoms with van der Waals surface area (Å²) in [5, 5.41) is 3.04. The van der Waals surface area contributed by atoms with Crippen LogP contribution in [0.25, 0.3) is 6.08 Å². The molecule has 0 aliphatic heterocycles. The van der Waals surface area contributed by atoms with E-state index in [-0.39, 0.29) is 11.9 Å². The number of amides is 1. The van der Waals surface area contributed by atoms with Crippen LogP contribution in [0.3, 0.4) is 0 Å². The third-order valence-corrected chi connectivity index (χ3v) is 6.07. The van der Waals surface area contributed by atoms with Crippen molar-refractivity contribution in [3.8, 4) is 0 Å². The van der Waals surface area contributed by atoms with Crippen LogP contribution in [-0.4, -0.2) is 38.8 Å². The molecular weight excluding hydrogens is 398 g/mol. The predicted octanol–water partition coefficient (Wildman–Crippen LogP) is 4.46. The summed E-state index contributed by atoms with van der Waals surface area (Å²) in [7, 11) is 0. The molecule has 1 amide bonds. The number of aryl methyl sites for hydroxylation is 2. The highest BCUT2D eigenvalue weighted by Crippen LogP contribution is 2.33. The monoisotopic (exact) mass is 429 g/mol. The lowest BCUT2D eigenvalue weighted by atomic mass is 9.90. The van der Waals surface area contributed by atoms with Crippen LogP contribution in [0.1, 0.15) is 64.1 Å². The molecule has 0 radical (unpaired) electrons. The van der Waals surface area contributed by atoms with Gasteiger partial charge in [0.2, 0.25) is 0 Å². The molecule has 2 N–H and O–H groups in total. The molecule has 1 aliphatic rings. The Labute approximate surface area is 189 Å². The van der Waals surface area contributed by atoms with Gasteiger partial charge in [-0.3, -0.25) is 14.7 Å².